The Kier molecular flexibility index (Phi) is 3.28. The molecule has 0 aliphatic rings. The average Bonchev–Trinajstić information content (AvgIpc) is 2.69. The van der Waals surface area contributed by atoms with Crippen LogP contribution in [0.5, 0.6) is 0 Å². The van der Waals surface area contributed by atoms with Gasteiger partial charge >= 0.3 is 0 Å². The average molecular weight is 287 g/mol. The highest BCUT2D eigenvalue weighted by molar-refractivity contribution is 9.10. The van der Waals surface area contributed by atoms with Gasteiger partial charge in [0, 0.05) is 10.7 Å². The molecular formula is C10H9BrClN3. The van der Waals surface area contributed by atoms with Crippen molar-refractivity contribution in [3.8, 4) is 0 Å². The molecule has 0 saturated heterocycles. The summed E-state index contributed by atoms with van der Waals surface area (Å²) in [6, 6.07) is 7.65. The van der Waals surface area contributed by atoms with Gasteiger partial charge in [0.25, 0.3) is 0 Å². The molecular weight excluding hydrogens is 277 g/mol. The molecule has 1 aromatic carbocycles. The molecule has 0 atom stereocenters. The standard InChI is InChI=1S/C10H9BrClN3/c11-7-1-2-10(9(12)5-7)13-6-8-3-4-14-15-8/h1-5,13H,6H2,(H,14,15). The largest absolute Gasteiger partial charge is 0.378 e. The van der Waals surface area contributed by atoms with Crippen molar-refractivity contribution >= 4 is 33.2 Å². The molecule has 0 radical (unpaired) electrons. The Hall–Kier alpha value is -1.00. The van der Waals surface area contributed by atoms with E-state index >= 15 is 0 Å². The molecule has 0 spiro atoms. The van der Waals surface area contributed by atoms with Crippen LogP contribution in [0, 0.1) is 0 Å². The fourth-order valence-corrected chi connectivity index (χ4v) is 1.95. The van der Waals surface area contributed by atoms with Gasteiger partial charge in [0.15, 0.2) is 0 Å². The van der Waals surface area contributed by atoms with Crippen LogP contribution in [0.2, 0.25) is 5.02 Å². The van der Waals surface area contributed by atoms with Crippen LogP contribution in [-0.4, -0.2) is 10.2 Å². The van der Waals surface area contributed by atoms with Gasteiger partial charge in [0.2, 0.25) is 0 Å². The smallest absolute Gasteiger partial charge is 0.0648 e. The lowest BCUT2D eigenvalue weighted by atomic mass is 10.3. The molecule has 1 aromatic heterocycles. The quantitative estimate of drug-likeness (QED) is 0.907. The third kappa shape index (κ3) is 2.73. The third-order valence-electron chi connectivity index (χ3n) is 1.96. The first-order chi connectivity index (χ1) is 7.25. The Bertz CT molecular complexity index is 442. The fourth-order valence-electron chi connectivity index (χ4n) is 1.21. The summed E-state index contributed by atoms with van der Waals surface area (Å²) in [4.78, 5) is 0. The van der Waals surface area contributed by atoms with Crippen molar-refractivity contribution in [3.05, 3.63) is 45.7 Å². The summed E-state index contributed by atoms with van der Waals surface area (Å²) >= 11 is 9.41. The van der Waals surface area contributed by atoms with Gasteiger partial charge < -0.3 is 5.32 Å². The van der Waals surface area contributed by atoms with Gasteiger partial charge in [0.05, 0.1) is 22.9 Å². The third-order valence-corrected chi connectivity index (χ3v) is 2.76. The summed E-state index contributed by atoms with van der Waals surface area (Å²) in [7, 11) is 0. The highest BCUT2D eigenvalue weighted by atomic mass is 79.9. The number of hydrogen-bond donors (Lipinski definition) is 2. The molecule has 15 heavy (non-hydrogen) atoms. The maximum Gasteiger partial charge on any atom is 0.0648 e. The Morgan fingerprint density at radius 2 is 2.27 bits per heavy atom. The minimum atomic E-state index is 0.682. The molecule has 3 nitrogen and oxygen atoms in total. The Morgan fingerprint density at radius 3 is 2.93 bits per heavy atom. The maximum absolute atomic E-state index is 6.05. The molecule has 1 heterocycles. The number of H-pyrrole nitrogens is 1. The van der Waals surface area contributed by atoms with Crippen LogP contribution >= 0.6 is 27.5 Å². The predicted octanol–water partition coefficient (Wildman–Crippen LogP) is 3.44. The minimum absolute atomic E-state index is 0.682. The van der Waals surface area contributed by atoms with Crippen LogP contribution in [0.15, 0.2) is 34.9 Å². The van der Waals surface area contributed by atoms with Crippen LogP contribution < -0.4 is 5.32 Å². The first-order valence-electron chi connectivity index (χ1n) is 4.43. The number of hydrogen-bond acceptors (Lipinski definition) is 2. The molecule has 78 valence electrons. The molecule has 2 N–H and O–H groups in total. The number of anilines is 1. The summed E-state index contributed by atoms with van der Waals surface area (Å²) in [5.41, 5.74) is 1.93. The van der Waals surface area contributed by atoms with E-state index in [9.17, 15) is 0 Å². The summed E-state index contributed by atoms with van der Waals surface area (Å²) in [5, 5.41) is 10.7. The van der Waals surface area contributed by atoms with E-state index in [4.69, 9.17) is 11.6 Å². The van der Waals surface area contributed by atoms with Crippen LogP contribution in [0.4, 0.5) is 5.69 Å². The first-order valence-corrected chi connectivity index (χ1v) is 5.60. The molecule has 0 saturated carbocycles. The zero-order chi connectivity index (χ0) is 10.7. The van der Waals surface area contributed by atoms with Crippen LogP contribution in [-0.2, 0) is 6.54 Å². The van der Waals surface area contributed by atoms with E-state index in [1.54, 1.807) is 6.20 Å². The zero-order valence-electron chi connectivity index (χ0n) is 7.80. The van der Waals surface area contributed by atoms with E-state index in [1.165, 1.54) is 0 Å². The first kappa shape index (κ1) is 10.5. The summed E-state index contributed by atoms with van der Waals surface area (Å²) in [6.07, 6.45) is 1.72. The fraction of sp³-hybridized carbons (Fsp3) is 0.100. The Labute approximate surface area is 101 Å². The van der Waals surface area contributed by atoms with E-state index in [0.29, 0.717) is 11.6 Å². The van der Waals surface area contributed by atoms with Crippen molar-refractivity contribution in [1.29, 1.82) is 0 Å². The van der Waals surface area contributed by atoms with Gasteiger partial charge in [-0.05, 0) is 24.3 Å². The highest BCUT2D eigenvalue weighted by Gasteiger charge is 2.00. The molecule has 2 rings (SSSR count). The van der Waals surface area contributed by atoms with Crippen molar-refractivity contribution in [2.75, 3.05) is 5.32 Å². The lowest BCUT2D eigenvalue weighted by molar-refractivity contribution is 0.981. The number of benzene rings is 1. The van der Waals surface area contributed by atoms with Gasteiger partial charge in [-0.25, -0.2) is 0 Å². The van der Waals surface area contributed by atoms with Crippen LogP contribution in [0.3, 0.4) is 0 Å². The van der Waals surface area contributed by atoms with Crippen molar-refractivity contribution in [1.82, 2.24) is 10.2 Å². The van der Waals surface area contributed by atoms with E-state index in [2.05, 4.69) is 31.4 Å². The molecule has 0 unspecified atom stereocenters. The van der Waals surface area contributed by atoms with Gasteiger partial charge in [-0.2, -0.15) is 5.10 Å². The molecule has 2 aromatic rings. The second kappa shape index (κ2) is 4.68. The Morgan fingerprint density at radius 1 is 1.40 bits per heavy atom. The normalized spacial score (nSPS) is 10.3. The van der Waals surface area contributed by atoms with Crippen molar-refractivity contribution in [3.63, 3.8) is 0 Å². The molecule has 0 amide bonds. The van der Waals surface area contributed by atoms with Gasteiger partial charge in [-0.1, -0.05) is 27.5 Å². The van der Waals surface area contributed by atoms with Gasteiger partial charge in [-0.3, -0.25) is 5.10 Å². The molecule has 0 fully saturated rings. The minimum Gasteiger partial charge on any atom is -0.378 e. The van der Waals surface area contributed by atoms with Gasteiger partial charge in [0.1, 0.15) is 0 Å². The number of aromatic amines is 1. The molecule has 5 heteroatoms. The molecule has 0 aliphatic heterocycles. The van der Waals surface area contributed by atoms with Gasteiger partial charge in [-0.15, -0.1) is 0 Å². The van der Waals surface area contributed by atoms with E-state index in [-0.39, 0.29) is 0 Å². The monoisotopic (exact) mass is 285 g/mol. The number of halogens is 2. The number of nitrogens with one attached hydrogen (secondary N) is 2. The zero-order valence-corrected chi connectivity index (χ0v) is 10.1. The van der Waals surface area contributed by atoms with E-state index < -0.39 is 0 Å². The van der Waals surface area contributed by atoms with E-state index in [1.807, 2.05) is 24.3 Å². The SMILES string of the molecule is Clc1cc(Br)ccc1NCc1ccn[nH]1. The highest BCUT2D eigenvalue weighted by Crippen LogP contribution is 2.25. The van der Waals surface area contributed by atoms with Crippen LogP contribution in [0.25, 0.3) is 0 Å². The second-order valence-electron chi connectivity index (χ2n) is 3.06. The number of nitrogens with zero attached hydrogens (tertiary/aromatic N) is 1. The molecule has 0 aliphatic carbocycles. The van der Waals surface area contributed by atoms with E-state index in [0.717, 1.165) is 15.9 Å². The maximum atomic E-state index is 6.05. The Balaban J connectivity index is 2.05. The predicted molar refractivity (Wildman–Crippen MR) is 65.1 cm³/mol. The number of aromatic nitrogens is 2. The lowest BCUT2D eigenvalue weighted by Gasteiger charge is -2.07. The summed E-state index contributed by atoms with van der Waals surface area (Å²) in [6.45, 7) is 0.682. The number of rotatable bonds is 3. The van der Waals surface area contributed by atoms with Crippen molar-refractivity contribution in [2.45, 2.75) is 6.54 Å². The summed E-state index contributed by atoms with van der Waals surface area (Å²) < 4.78 is 0.972. The lowest BCUT2D eigenvalue weighted by Crippen LogP contribution is -2.00. The van der Waals surface area contributed by atoms with Crippen LogP contribution in [0.1, 0.15) is 5.69 Å². The summed E-state index contributed by atoms with van der Waals surface area (Å²) in [5.74, 6) is 0. The topological polar surface area (TPSA) is 40.7 Å². The van der Waals surface area contributed by atoms with Crippen molar-refractivity contribution in [2.24, 2.45) is 0 Å². The second-order valence-corrected chi connectivity index (χ2v) is 4.38. The van der Waals surface area contributed by atoms with Crippen molar-refractivity contribution < 1.29 is 0 Å². The molecule has 0 bridgehead atoms.